The molecule has 3 rings (SSSR count). The number of rotatable bonds is 6. The first-order valence-corrected chi connectivity index (χ1v) is 9.31. The molecule has 28 heavy (non-hydrogen) atoms. The zero-order valence-electron chi connectivity index (χ0n) is 14.8. The molecule has 140 valence electrons. The van der Waals surface area contributed by atoms with Gasteiger partial charge >= 0.3 is 0 Å². The Hall–Kier alpha value is -3.00. The molecule has 0 aliphatic rings. The van der Waals surface area contributed by atoms with E-state index in [0.29, 0.717) is 40.1 Å². The Bertz CT molecular complexity index is 1050. The van der Waals surface area contributed by atoms with E-state index in [-0.39, 0.29) is 5.57 Å². The quantitative estimate of drug-likeness (QED) is 0.429. The zero-order chi connectivity index (χ0) is 19.9. The van der Waals surface area contributed by atoms with Crippen LogP contribution < -0.4 is 5.32 Å². The highest BCUT2D eigenvalue weighted by Gasteiger charge is 2.12. The molecule has 0 fully saturated rings. The number of carbonyl (C=O) groups is 1. The number of nitrogens with one attached hydrogen (secondary N) is 1. The van der Waals surface area contributed by atoms with Crippen molar-refractivity contribution in [3.05, 3.63) is 87.6 Å². The zero-order valence-corrected chi connectivity index (χ0v) is 16.3. The molecular weight excluding hydrogens is 395 g/mol. The number of nitrogens with zero attached hydrogens (tertiary/aromatic N) is 1. The summed E-state index contributed by atoms with van der Waals surface area (Å²) in [5.74, 6) is 0.429. The first-order valence-electron chi connectivity index (χ1n) is 8.56. The molecule has 3 aromatic rings. The highest BCUT2D eigenvalue weighted by atomic mass is 35.5. The van der Waals surface area contributed by atoms with Crippen molar-refractivity contribution in [1.82, 2.24) is 5.32 Å². The number of amides is 1. The van der Waals surface area contributed by atoms with E-state index in [4.69, 9.17) is 27.6 Å². The van der Waals surface area contributed by atoms with E-state index >= 15 is 0 Å². The van der Waals surface area contributed by atoms with Crippen molar-refractivity contribution in [2.75, 3.05) is 6.54 Å². The molecule has 0 radical (unpaired) electrons. The summed E-state index contributed by atoms with van der Waals surface area (Å²) in [6, 6.07) is 20.1. The van der Waals surface area contributed by atoms with Crippen LogP contribution in [-0.2, 0) is 11.2 Å². The smallest absolute Gasteiger partial charge is 0.262 e. The van der Waals surface area contributed by atoms with Gasteiger partial charge in [-0.2, -0.15) is 5.26 Å². The van der Waals surface area contributed by atoms with Gasteiger partial charge in [0.15, 0.2) is 0 Å². The molecular formula is C22H16Cl2N2O2. The standard InChI is InChI=1S/C22H16Cl2N2O2/c23-17-6-8-20(24)19(13-17)21-9-7-18(28-21)12-16(14-25)22(27)26-11-10-15-4-2-1-3-5-15/h1-9,12-13H,10-11H2,(H,26,27)/b16-12+. The van der Waals surface area contributed by atoms with E-state index in [1.54, 1.807) is 30.3 Å². The van der Waals surface area contributed by atoms with Gasteiger partial charge in [-0.3, -0.25) is 4.79 Å². The molecule has 0 saturated carbocycles. The summed E-state index contributed by atoms with van der Waals surface area (Å²) in [4.78, 5) is 12.3. The van der Waals surface area contributed by atoms with Crippen molar-refractivity contribution in [1.29, 1.82) is 5.26 Å². The average Bonchev–Trinajstić information content (AvgIpc) is 3.17. The third-order valence-electron chi connectivity index (χ3n) is 4.01. The van der Waals surface area contributed by atoms with Crippen LogP contribution in [0.1, 0.15) is 11.3 Å². The summed E-state index contributed by atoms with van der Waals surface area (Å²) < 4.78 is 5.71. The van der Waals surface area contributed by atoms with Crippen LogP contribution in [0, 0.1) is 11.3 Å². The first kappa shape index (κ1) is 19.8. The van der Waals surface area contributed by atoms with Gasteiger partial charge in [-0.15, -0.1) is 0 Å². The van der Waals surface area contributed by atoms with Gasteiger partial charge in [0, 0.05) is 23.2 Å². The molecule has 0 aliphatic heterocycles. The van der Waals surface area contributed by atoms with Crippen LogP contribution in [0.15, 0.2) is 70.7 Å². The van der Waals surface area contributed by atoms with Gasteiger partial charge < -0.3 is 9.73 Å². The fraction of sp³-hybridized carbons (Fsp3) is 0.0909. The van der Waals surface area contributed by atoms with Crippen molar-refractivity contribution >= 4 is 35.2 Å². The van der Waals surface area contributed by atoms with Crippen molar-refractivity contribution in [2.24, 2.45) is 0 Å². The molecule has 1 amide bonds. The summed E-state index contributed by atoms with van der Waals surface area (Å²) in [6.07, 6.45) is 2.09. The molecule has 1 N–H and O–H groups in total. The maximum absolute atomic E-state index is 12.3. The lowest BCUT2D eigenvalue weighted by Gasteiger charge is -2.04. The highest BCUT2D eigenvalue weighted by molar-refractivity contribution is 6.35. The van der Waals surface area contributed by atoms with Crippen molar-refractivity contribution in [3.63, 3.8) is 0 Å². The SMILES string of the molecule is N#C/C(=C\c1ccc(-c2cc(Cl)ccc2Cl)o1)C(=O)NCCc1ccccc1. The third-order valence-corrected chi connectivity index (χ3v) is 4.58. The van der Waals surface area contributed by atoms with Gasteiger partial charge in [0.2, 0.25) is 0 Å². The summed E-state index contributed by atoms with van der Waals surface area (Å²) in [7, 11) is 0. The molecule has 1 heterocycles. The van der Waals surface area contributed by atoms with E-state index in [9.17, 15) is 10.1 Å². The molecule has 0 unspecified atom stereocenters. The number of halogens is 2. The van der Waals surface area contributed by atoms with Crippen LogP contribution in [0.4, 0.5) is 0 Å². The maximum Gasteiger partial charge on any atom is 0.262 e. The molecule has 1 aromatic heterocycles. The number of carbonyl (C=O) groups excluding carboxylic acids is 1. The molecule has 0 saturated heterocycles. The minimum atomic E-state index is -0.447. The Labute approximate surface area is 173 Å². The Morgan fingerprint density at radius 2 is 1.89 bits per heavy atom. The molecule has 0 spiro atoms. The summed E-state index contributed by atoms with van der Waals surface area (Å²) in [5.41, 5.74) is 1.71. The Morgan fingerprint density at radius 1 is 1.11 bits per heavy atom. The van der Waals surface area contributed by atoms with Crippen LogP contribution in [0.2, 0.25) is 10.0 Å². The van der Waals surface area contributed by atoms with E-state index in [2.05, 4.69) is 5.32 Å². The van der Waals surface area contributed by atoms with Gasteiger partial charge in [0.25, 0.3) is 5.91 Å². The highest BCUT2D eigenvalue weighted by Crippen LogP contribution is 2.32. The Kier molecular flexibility index (Phi) is 6.54. The largest absolute Gasteiger partial charge is 0.457 e. The summed E-state index contributed by atoms with van der Waals surface area (Å²) >= 11 is 12.2. The van der Waals surface area contributed by atoms with Crippen LogP contribution in [0.25, 0.3) is 17.4 Å². The minimum Gasteiger partial charge on any atom is -0.457 e. The Morgan fingerprint density at radius 3 is 2.64 bits per heavy atom. The average molecular weight is 411 g/mol. The summed E-state index contributed by atoms with van der Waals surface area (Å²) in [6.45, 7) is 0.434. The number of hydrogen-bond donors (Lipinski definition) is 1. The Balaban J connectivity index is 1.69. The molecule has 2 aromatic carbocycles. The number of furan rings is 1. The van der Waals surface area contributed by atoms with Gasteiger partial charge in [-0.05, 0) is 42.3 Å². The molecule has 0 bridgehead atoms. The van der Waals surface area contributed by atoms with E-state index < -0.39 is 5.91 Å². The lowest BCUT2D eigenvalue weighted by Crippen LogP contribution is -2.26. The molecule has 6 heteroatoms. The monoisotopic (exact) mass is 410 g/mol. The van der Waals surface area contributed by atoms with Crippen LogP contribution in [0.5, 0.6) is 0 Å². The van der Waals surface area contributed by atoms with Crippen LogP contribution in [0.3, 0.4) is 0 Å². The predicted molar refractivity (Wildman–Crippen MR) is 111 cm³/mol. The summed E-state index contributed by atoms with van der Waals surface area (Å²) in [5, 5.41) is 13.1. The third kappa shape index (κ3) is 5.04. The van der Waals surface area contributed by atoms with Crippen molar-refractivity contribution in [2.45, 2.75) is 6.42 Å². The molecule has 4 nitrogen and oxygen atoms in total. The van der Waals surface area contributed by atoms with Gasteiger partial charge in [0.1, 0.15) is 23.2 Å². The topological polar surface area (TPSA) is 66.0 Å². The predicted octanol–water partition coefficient (Wildman–Crippen LogP) is 5.52. The maximum atomic E-state index is 12.3. The van der Waals surface area contributed by atoms with Gasteiger partial charge in [0.05, 0.1) is 5.02 Å². The second-order valence-electron chi connectivity index (χ2n) is 5.99. The lowest BCUT2D eigenvalue weighted by atomic mass is 10.1. The van der Waals surface area contributed by atoms with Gasteiger partial charge in [-0.1, -0.05) is 53.5 Å². The normalized spacial score (nSPS) is 11.1. The van der Waals surface area contributed by atoms with Crippen molar-refractivity contribution in [3.8, 4) is 17.4 Å². The number of nitriles is 1. The van der Waals surface area contributed by atoms with Crippen LogP contribution in [-0.4, -0.2) is 12.5 Å². The van der Waals surface area contributed by atoms with Gasteiger partial charge in [-0.25, -0.2) is 0 Å². The minimum absolute atomic E-state index is 0.0360. The van der Waals surface area contributed by atoms with E-state index in [1.807, 2.05) is 36.4 Å². The fourth-order valence-electron chi connectivity index (χ4n) is 2.61. The second-order valence-corrected chi connectivity index (χ2v) is 6.83. The number of hydrogen-bond acceptors (Lipinski definition) is 3. The van der Waals surface area contributed by atoms with E-state index in [1.165, 1.54) is 6.08 Å². The van der Waals surface area contributed by atoms with Crippen LogP contribution >= 0.6 is 23.2 Å². The number of benzene rings is 2. The van der Waals surface area contributed by atoms with Crippen molar-refractivity contribution < 1.29 is 9.21 Å². The molecule has 0 aliphatic carbocycles. The fourth-order valence-corrected chi connectivity index (χ4v) is 3.00. The van der Waals surface area contributed by atoms with E-state index in [0.717, 1.165) is 5.56 Å². The second kappa shape index (κ2) is 9.27. The first-order chi connectivity index (χ1) is 13.6. The lowest BCUT2D eigenvalue weighted by molar-refractivity contribution is -0.117. The molecule has 0 atom stereocenters.